The number of carbonyl (C=O) groups excluding carboxylic acids is 3. The lowest BCUT2D eigenvalue weighted by molar-refractivity contribution is -0.172. The molecule has 262 valence electrons. The molecule has 0 unspecified atom stereocenters. The summed E-state index contributed by atoms with van der Waals surface area (Å²) in [7, 11) is 0. The van der Waals surface area contributed by atoms with E-state index in [-0.39, 0.29) is 48.5 Å². The Labute approximate surface area is 286 Å². The monoisotopic (exact) mass is 674 g/mol. The van der Waals surface area contributed by atoms with Crippen molar-refractivity contribution in [3.63, 3.8) is 0 Å². The lowest BCUT2D eigenvalue weighted by Gasteiger charge is -2.44. The summed E-state index contributed by atoms with van der Waals surface area (Å²) in [5.41, 5.74) is 1.94. The highest BCUT2D eigenvalue weighted by Crippen LogP contribution is 2.43. The van der Waals surface area contributed by atoms with Gasteiger partial charge in [-0.1, -0.05) is 36.4 Å². The number of likely N-dealkylation sites (tertiary alicyclic amines) is 1. The number of benzene rings is 2. The first-order chi connectivity index (χ1) is 23.9. The van der Waals surface area contributed by atoms with Gasteiger partial charge in [0.15, 0.2) is 5.76 Å². The van der Waals surface area contributed by atoms with Gasteiger partial charge in [0.1, 0.15) is 5.54 Å². The minimum Gasteiger partial charge on any atom is -0.459 e. The third kappa shape index (κ3) is 7.09. The molecule has 2 N–H and O–H groups in total. The second-order valence-electron chi connectivity index (χ2n) is 12.6. The van der Waals surface area contributed by atoms with Crippen LogP contribution < -0.4 is 10.2 Å². The molecule has 2 amide bonds. The van der Waals surface area contributed by atoms with Crippen molar-refractivity contribution < 1.29 is 38.4 Å². The molecule has 0 aliphatic carbocycles. The highest BCUT2D eigenvalue weighted by atomic mass is 16.7. The van der Waals surface area contributed by atoms with E-state index in [1.165, 1.54) is 6.92 Å². The Bertz CT molecular complexity index is 1650. The normalized spacial score (nSPS) is 21.9. The summed E-state index contributed by atoms with van der Waals surface area (Å²) in [5.74, 6) is -0.729. The molecule has 2 saturated heterocycles. The first-order valence-electron chi connectivity index (χ1n) is 17.2. The van der Waals surface area contributed by atoms with Crippen molar-refractivity contribution in [2.24, 2.45) is 5.92 Å². The van der Waals surface area contributed by atoms with E-state index >= 15 is 0 Å². The summed E-state index contributed by atoms with van der Waals surface area (Å²) in [6.45, 7) is 6.35. The Hall–Kier alpha value is -4.23. The molecular formula is C37H46N4O8. The third-order valence-electron chi connectivity index (χ3n) is 9.85. The number of anilines is 1. The average molecular weight is 675 g/mol. The number of carbonyl (C=O) groups is 3. The van der Waals surface area contributed by atoms with E-state index in [0.29, 0.717) is 65.4 Å². The van der Waals surface area contributed by atoms with Crippen LogP contribution >= 0.6 is 0 Å². The van der Waals surface area contributed by atoms with Crippen LogP contribution in [-0.2, 0) is 28.5 Å². The fourth-order valence-electron chi connectivity index (χ4n) is 7.39. The zero-order chi connectivity index (χ0) is 34.4. The molecule has 12 nitrogen and oxygen atoms in total. The number of aliphatic hydroxyl groups excluding tert-OH is 1. The minimum atomic E-state index is -0.738. The first-order valence-corrected chi connectivity index (χ1v) is 17.2. The summed E-state index contributed by atoms with van der Waals surface area (Å²) >= 11 is 0. The van der Waals surface area contributed by atoms with Crippen LogP contribution in [0.3, 0.4) is 0 Å². The highest BCUT2D eigenvalue weighted by molar-refractivity contribution is 5.96. The van der Waals surface area contributed by atoms with Gasteiger partial charge in [0.2, 0.25) is 18.1 Å². The fraction of sp³-hybridized carbons (Fsp3) is 0.486. The predicted octanol–water partition coefficient (Wildman–Crippen LogP) is 3.65. The number of piperidine rings is 1. The van der Waals surface area contributed by atoms with Gasteiger partial charge in [0.25, 0.3) is 5.91 Å². The Morgan fingerprint density at radius 3 is 2.43 bits per heavy atom. The molecule has 2 aromatic carbocycles. The van der Waals surface area contributed by atoms with Gasteiger partial charge in [-0.25, -0.2) is 0 Å². The van der Waals surface area contributed by atoms with Crippen molar-refractivity contribution in [2.45, 2.75) is 50.9 Å². The van der Waals surface area contributed by atoms with E-state index in [0.717, 1.165) is 22.2 Å². The number of aromatic nitrogens is 1. The molecule has 3 aliphatic heterocycles. The molecule has 4 heterocycles. The van der Waals surface area contributed by atoms with Gasteiger partial charge in [0, 0.05) is 62.3 Å². The van der Waals surface area contributed by atoms with Crippen LogP contribution in [0.15, 0.2) is 72.6 Å². The third-order valence-corrected chi connectivity index (χ3v) is 9.85. The summed E-state index contributed by atoms with van der Waals surface area (Å²) in [5, 5.41) is 12.9. The van der Waals surface area contributed by atoms with Gasteiger partial charge in [-0.05, 0) is 56.0 Å². The number of fused-ring (bicyclic) bond motifs is 1. The smallest absolute Gasteiger partial charge is 0.288 e. The molecule has 6 rings (SSSR count). The summed E-state index contributed by atoms with van der Waals surface area (Å²) in [6.07, 6.45) is 4.53. The molecule has 12 heteroatoms. The number of amides is 2. The van der Waals surface area contributed by atoms with Gasteiger partial charge in [0.05, 0.1) is 38.6 Å². The van der Waals surface area contributed by atoms with E-state index < -0.39 is 11.8 Å². The van der Waals surface area contributed by atoms with Crippen molar-refractivity contribution in [1.82, 2.24) is 14.8 Å². The van der Waals surface area contributed by atoms with E-state index in [1.807, 2.05) is 73.8 Å². The quantitative estimate of drug-likeness (QED) is 0.261. The molecule has 1 aromatic heterocycles. The van der Waals surface area contributed by atoms with Crippen LogP contribution in [0.1, 0.15) is 49.4 Å². The largest absolute Gasteiger partial charge is 0.459 e. The molecule has 1 spiro atoms. The summed E-state index contributed by atoms with van der Waals surface area (Å²) in [4.78, 5) is 44.0. The molecule has 2 fully saturated rings. The molecular weight excluding hydrogens is 628 g/mol. The SMILES string of the molecule is CCO[C@@H]1OC(C(=O)N2CCC3(CC2)C(=O)NCN3c2ccccc2)=C[C@H](c2cn(C(C)=O)c3ccccc23)[C@H]1CCOCCOCCO. The Balaban J connectivity index is 1.27. The van der Waals surface area contributed by atoms with Gasteiger partial charge in [-0.15, -0.1) is 0 Å². The van der Waals surface area contributed by atoms with Gasteiger partial charge in [-0.3, -0.25) is 19.0 Å². The zero-order valence-electron chi connectivity index (χ0n) is 28.2. The zero-order valence-corrected chi connectivity index (χ0v) is 28.2. The standard InChI is InChI=1S/C37H46N4O8/c1-3-48-35-29(13-19-46-21-22-47-20-18-42)30(31-24-40(26(2)43)32-12-8-7-11-28(31)32)23-33(49-35)34(44)39-16-14-37(15-17-39)36(45)38-25-41(37)27-9-5-4-6-10-27/h4-12,23-24,29-30,35,42H,3,13-22,25H2,1-2H3,(H,38,45)/t29-,30+,35-/m1/s1. The molecule has 0 saturated carbocycles. The van der Waals surface area contributed by atoms with E-state index in [4.69, 9.17) is 24.1 Å². The predicted molar refractivity (Wildman–Crippen MR) is 183 cm³/mol. The second-order valence-corrected chi connectivity index (χ2v) is 12.6. The van der Waals surface area contributed by atoms with Crippen LogP contribution in [0.5, 0.6) is 0 Å². The first kappa shape index (κ1) is 34.6. The van der Waals surface area contributed by atoms with Crippen molar-refractivity contribution in [2.75, 3.05) is 64.3 Å². The van der Waals surface area contributed by atoms with Crippen LogP contribution in [0.25, 0.3) is 10.9 Å². The topological polar surface area (TPSA) is 132 Å². The van der Waals surface area contributed by atoms with Gasteiger partial charge in [-0.2, -0.15) is 0 Å². The second kappa shape index (κ2) is 15.5. The molecule has 3 aromatic rings. The van der Waals surface area contributed by atoms with Crippen LogP contribution in [0, 0.1) is 5.92 Å². The van der Waals surface area contributed by atoms with Crippen LogP contribution in [0.4, 0.5) is 5.69 Å². The number of rotatable bonds is 13. The van der Waals surface area contributed by atoms with Crippen molar-refractivity contribution in [1.29, 1.82) is 0 Å². The molecule has 3 aliphatic rings. The lowest BCUT2D eigenvalue weighted by Crippen LogP contribution is -2.57. The Morgan fingerprint density at radius 2 is 1.71 bits per heavy atom. The fourth-order valence-corrected chi connectivity index (χ4v) is 7.39. The summed E-state index contributed by atoms with van der Waals surface area (Å²) in [6, 6.07) is 17.6. The maximum Gasteiger partial charge on any atom is 0.288 e. The number of allylic oxidation sites excluding steroid dienone is 1. The summed E-state index contributed by atoms with van der Waals surface area (Å²) < 4.78 is 25.4. The Kier molecular flexibility index (Phi) is 11.0. The van der Waals surface area contributed by atoms with E-state index in [9.17, 15) is 14.4 Å². The van der Waals surface area contributed by atoms with Crippen molar-refractivity contribution in [3.8, 4) is 0 Å². The number of nitrogens with one attached hydrogen (secondary N) is 1. The lowest BCUT2D eigenvalue weighted by atomic mass is 9.81. The molecule has 0 bridgehead atoms. The number of para-hydroxylation sites is 2. The number of aliphatic hydroxyl groups is 1. The number of hydrogen-bond donors (Lipinski definition) is 2. The maximum absolute atomic E-state index is 14.2. The van der Waals surface area contributed by atoms with Gasteiger partial charge >= 0.3 is 0 Å². The van der Waals surface area contributed by atoms with Crippen LogP contribution in [-0.4, -0.2) is 104 Å². The van der Waals surface area contributed by atoms with Gasteiger partial charge < -0.3 is 39.2 Å². The van der Waals surface area contributed by atoms with Crippen LogP contribution in [0.2, 0.25) is 0 Å². The highest BCUT2D eigenvalue weighted by Gasteiger charge is 2.51. The Morgan fingerprint density at radius 1 is 1.00 bits per heavy atom. The van der Waals surface area contributed by atoms with E-state index in [1.54, 1.807) is 9.47 Å². The minimum absolute atomic E-state index is 0.0139. The van der Waals surface area contributed by atoms with E-state index in [2.05, 4.69) is 10.2 Å². The molecule has 0 radical (unpaired) electrons. The number of ether oxygens (including phenoxy) is 4. The average Bonchev–Trinajstić information content (AvgIpc) is 3.66. The molecule has 3 atom stereocenters. The number of nitrogens with zero attached hydrogens (tertiary/aromatic N) is 3. The van der Waals surface area contributed by atoms with Crippen molar-refractivity contribution >= 4 is 34.3 Å². The number of hydrogen-bond acceptors (Lipinski definition) is 9. The van der Waals surface area contributed by atoms with Crippen molar-refractivity contribution in [3.05, 3.63) is 78.2 Å². The maximum atomic E-state index is 14.2. The molecule has 49 heavy (non-hydrogen) atoms.